The molecular weight excluding hydrogens is 412 g/mol. The highest BCUT2D eigenvalue weighted by atomic mass is 32.2. The minimum absolute atomic E-state index is 0.0122. The zero-order valence-electron chi connectivity index (χ0n) is 16.2. The summed E-state index contributed by atoms with van der Waals surface area (Å²) in [6.07, 6.45) is 1.46. The lowest BCUT2D eigenvalue weighted by Crippen LogP contribution is -2.67. The first-order valence-corrected chi connectivity index (χ1v) is 10.7. The van der Waals surface area contributed by atoms with Crippen molar-refractivity contribution in [3.8, 4) is 0 Å². The van der Waals surface area contributed by atoms with Crippen LogP contribution >= 0.6 is 0 Å². The summed E-state index contributed by atoms with van der Waals surface area (Å²) in [5, 5.41) is 16.4. The lowest BCUT2D eigenvalue weighted by atomic mass is 9.60. The third-order valence-electron chi connectivity index (χ3n) is 5.69. The Balaban J connectivity index is 1.42. The molecule has 2 fully saturated rings. The van der Waals surface area contributed by atoms with Gasteiger partial charge in [-0.25, -0.2) is 32.4 Å². The number of halogens is 2. The average Bonchev–Trinajstić information content (AvgIpc) is 2.65. The van der Waals surface area contributed by atoms with Gasteiger partial charge in [-0.05, 0) is 25.0 Å². The predicted molar refractivity (Wildman–Crippen MR) is 112 cm³/mol. The van der Waals surface area contributed by atoms with E-state index in [1.165, 1.54) is 16.8 Å². The van der Waals surface area contributed by atoms with Crippen molar-refractivity contribution in [2.24, 2.45) is 10.6 Å². The molecule has 1 aliphatic carbocycles. The van der Waals surface area contributed by atoms with Gasteiger partial charge < -0.3 is 15.6 Å². The van der Waals surface area contributed by atoms with Crippen LogP contribution in [-0.2, 0) is 11.2 Å². The Morgan fingerprint density at radius 2 is 2.03 bits per heavy atom. The first-order valence-electron chi connectivity index (χ1n) is 9.54. The van der Waals surface area contributed by atoms with Gasteiger partial charge in [-0.1, -0.05) is 18.2 Å². The molecule has 1 saturated carbocycles. The van der Waals surface area contributed by atoms with Crippen molar-refractivity contribution in [3.63, 3.8) is 0 Å². The number of nitrogens with one attached hydrogen (secondary N) is 2. The van der Waals surface area contributed by atoms with Crippen molar-refractivity contribution in [1.82, 2.24) is 14.3 Å². The maximum atomic E-state index is 12.7. The molecule has 30 heavy (non-hydrogen) atoms. The molecule has 1 unspecified atom stereocenters. The van der Waals surface area contributed by atoms with E-state index in [0.29, 0.717) is 43.1 Å². The molecule has 1 aromatic heterocycles. The molecule has 0 radical (unpaired) electrons. The van der Waals surface area contributed by atoms with Gasteiger partial charge in [0, 0.05) is 36.4 Å². The van der Waals surface area contributed by atoms with Gasteiger partial charge in [0.05, 0.1) is 12.1 Å². The number of nitrogens with two attached hydrogens (primary N) is 1. The quantitative estimate of drug-likeness (QED) is 0.551. The van der Waals surface area contributed by atoms with Crippen molar-refractivity contribution in [2.75, 3.05) is 29.9 Å². The number of hydrogen-bond acceptors (Lipinski definition) is 6. The molecule has 2 heterocycles. The molecule has 160 valence electrons. The molecule has 1 aliphatic heterocycles. The molecule has 0 amide bonds. The number of hydrogen-bond donors (Lipinski definition) is 3. The van der Waals surface area contributed by atoms with Crippen LogP contribution in [0.25, 0.3) is 0 Å². The summed E-state index contributed by atoms with van der Waals surface area (Å²) >= 11 is -1.91. The Morgan fingerprint density at radius 3 is 2.63 bits per heavy atom. The lowest BCUT2D eigenvalue weighted by Gasteiger charge is -2.61. The highest BCUT2D eigenvalue weighted by Crippen LogP contribution is 2.51. The minimum Gasteiger partial charge on any atom is -0.355 e. The third-order valence-corrected chi connectivity index (χ3v) is 6.60. The van der Waals surface area contributed by atoms with Crippen LogP contribution in [0.4, 0.5) is 26.1 Å². The van der Waals surface area contributed by atoms with Crippen LogP contribution in [0.1, 0.15) is 18.4 Å². The second-order valence-electron chi connectivity index (χ2n) is 7.78. The molecule has 4 N–H and O–H groups in total. The number of alkyl halides is 2. The van der Waals surface area contributed by atoms with Gasteiger partial charge in [0.2, 0.25) is 0 Å². The highest BCUT2D eigenvalue weighted by Gasteiger charge is 2.55. The van der Waals surface area contributed by atoms with Gasteiger partial charge in [-0.2, -0.15) is 0 Å². The van der Waals surface area contributed by atoms with Gasteiger partial charge in [-0.3, -0.25) is 0 Å². The summed E-state index contributed by atoms with van der Waals surface area (Å²) in [6, 6.07) is 9.36. The third kappa shape index (κ3) is 4.05. The molecule has 8 nitrogen and oxygen atoms in total. The van der Waals surface area contributed by atoms with Gasteiger partial charge in [0.25, 0.3) is 6.43 Å². The summed E-state index contributed by atoms with van der Waals surface area (Å²) in [5.74, 6) is 1.22. The summed E-state index contributed by atoms with van der Waals surface area (Å²) in [4.78, 5) is 10.7. The number of aromatic nitrogens is 2. The van der Waals surface area contributed by atoms with Crippen molar-refractivity contribution in [2.45, 2.75) is 25.3 Å². The molecule has 4 rings (SSSR count). The van der Waals surface area contributed by atoms with E-state index in [1.54, 1.807) is 0 Å². The average molecular weight is 436 g/mol. The zero-order valence-corrected chi connectivity index (χ0v) is 17.0. The summed E-state index contributed by atoms with van der Waals surface area (Å²) < 4.78 is 38.3. The van der Waals surface area contributed by atoms with E-state index in [9.17, 15) is 13.0 Å². The Labute approximate surface area is 175 Å². The van der Waals surface area contributed by atoms with Crippen molar-refractivity contribution < 1.29 is 13.0 Å². The van der Waals surface area contributed by atoms with Crippen molar-refractivity contribution in [3.05, 3.63) is 42.2 Å². The Bertz CT molecular complexity index is 932. The van der Waals surface area contributed by atoms with Gasteiger partial charge in [-0.15, -0.1) is 0 Å². The normalized spacial score (nSPS) is 18.9. The maximum absolute atomic E-state index is 12.7. The number of anilines is 3. The fourth-order valence-electron chi connectivity index (χ4n) is 4.35. The van der Waals surface area contributed by atoms with E-state index in [0.717, 1.165) is 5.69 Å². The maximum Gasteiger partial charge on any atom is 0.252 e. The van der Waals surface area contributed by atoms with E-state index < -0.39 is 24.1 Å². The van der Waals surface area contributed by atoms with Gasteiger partial charge in [0.1, 0.15) is 18.0 Å². The molecule has 1 saturated heterocycles. The SMILES string of the molecule is N=Cc1c(Nc2ccccc2)ncnc1N1CC2(CC(N(CC(F)F)S(N)=O)C2)C1. The van der Waals surface area contributed by atoms with Crippen LogP contribution < -0.4 is 15.4 Å². The van der Waals surface area contributed by atoms with Crippen LogP contribution in [0.2, 0.25) is 0 Å². The zero-order chi connectivity index (χ0) is 21.3. The fourth-order valence-corrected chi connectivity index (χ4v) is 5.05. The second-order valence-corrected chi connectivity index (χ2v) is 8.80. The van der Waals surface area contributed by atoms with Gasteiger partial charge >= 0.3 is 0 Å². The van der Waals surface area contributed by atoms with Gasteiger partial charge in [0.15, 0.2) is 11.2 Å². The van der Waals surface area contributed by atoms with E-state index in [1.807, 2.05) is 30.3 Å². The van der Waals surface area contributed by atoms with Crippen LogP contribution in [0.5, 0.6) is 0 Å². The van der Waals surface area contributed by atoms with E-state index >= 15 is 0 Å². The first kappa shape index (κ1) is 20.8. The molecule has 2 aliphatic rings. The summed E-state index contributed by atoms with van der Waals surface area (Å²) in [7, 11) is 0. The molecular formula is C19H23F2N7OS. The fraction of sp³-hybridized carbons (Fsp3) is 0.421. The van der Waals surface area contributed by atoms with Crippen LogP contribution in [0.15, 0.2) is 36.7 Å². The molecule has 0 bridgehead atoms. The lowest BCUT2D eigenvalue weighted by molar-refractivity contribution is -0.00245. The largest absolute Gasteiger partial charge is 0.355 e. The predicted octanol–water partition coefficient (Wildman–Crippen LogP) is 2.29. The van der Waals surface area contributed by atoms with Crippen LogP contribution in [0, 0.1) is 10.8 Å². The number of para-hydroxylation sites is 1. The summed E-state index contributed by atoms with van der Waals surface area (Å²) in [6.45, 7) is 0.823. The monoisotopic (exact) mass is 435 g/mol. The molecule has 11 heteroatoms. The standard InChI is InChI=1S/C19H23F2N7OS/c20-16(21)9-28(30(23)29)14-6-19(7-14)10-27(11-19)18-15(8-22)17(24-12-25-18)26-13-4-2-1-3-5-13/h1-5,8,12,14,16,22H,6-7,9-11,23H2,(H,24,25,26). The molecule has 1 aromatic carbocycles. The molecule has 1 atom stereocenters. The topological polar surface area (TPSA) is 111 Å². The first-order chi connectivity index (χ1) is 14.4. The Morgan fingerprint density at radius 1 is 1.33 bits per heavy atom. The van der Waals surface area contributed by atoms with E-state index in [4.69, 9.17) is 10.5 Å². The number of benzene rings is 1. The van der Waals surface area contributed by atoms with Crippen LogP contribution in [0.3, 0.4) is 0 Å². The molecule has 2 aromatic rings. The summed E-state index contributed by atoms with van der Waals surface area (Å²) in [5.41, 5.74) is 1.44. The number of rotatable bonds is 8. The van der Waals surface area contributed by atoms with E-state index in [2.05, 4.69) is 20.2 Å². The Hall–Kier alpha value is -2.50. The molecule has 1 spiro atoms. The minimum atomic E-state index is -2.57. The van der Waals surface area contributed by atoms with Crippen molar-refractivity contribution in [1.29, 1.82) is 5.41 Å². The second kappa shape index (κ2) is 8.32. The highest BCUT2D eigenvalue weighted by molar-refractivity contribution is 7.80. The number of nitrogens with zero attached hydrogens (tertiary/aromatic N) is 4. The van der Waals surface area contributed by atoms with Crippen LogP contribution in [-0.4, -0.2) is 56.8 Å². The Kier molecular flexibility index (Phi) is 5.76. The van der Waals surface area contributed by atoms with E-state index in [-0.39, 0.29) is 11.5 Å². The smallest absolute Gasteiger partial charge is 0.252 e. The van der Waals surface area contributed by atoms with Crippen molar-refractivity contribution >= 4 is 34.7 Å².